The summed E-state index contributed by atoms with van der Waals surface area (Å²) in [5.74, 6) is 0.728. The number of rotatable bonds is 7. The summed E-state index contributed by atoms with van der Waals surface area (Å²) in [6.45, 7) is 2.83. The molecule has 3 aromatic rings. The van der Waals surface area contributed by atoms with E-state index in [4.69, 9.17) is 4.74 Å². The van der Waals surface area contributed by atoms with Crippen LogP contribution in [0.1, 0.15) is 12.5 Å². The second-order valence-electron chi connectivity index (χ2n) is 5.98. The summed E-state index contributed by atoms with van der Waals surface area (Å²) in [5.41, 5.74) is 2.77. The summed E-state index contributed by atoms with van der Waals surface area (Å²) in [7, 11) is 1.73. The fraction of sp³-hybridized carbons (Fsp3) is 0.316. The molecule has 2 aromatic carbocycles. The van der Waals surface area contributed by atoms with E-state index in [0.717, 1.165) is 11.3 Å². The van der Waals surface area contributed by atoms with Crippen LogP contribution >= 0.6 is 0 Å². The van der Waals surface area contributed by atoms with E-state index in [1.54, 1.807) is 13.1 Å². The molecule has 3 rings (SSSR count). The first kappa shape index (κ1) is 18.7. The molecule has 0 aliphatic rings. The lowest BCUT2D eigenvalue weighted by Gasteiger charge is -2.23. The number of nitrogens with zero attached hydrogens (tertiary/aromatic N) is 4. The summed E-state index contributed by atoms with van der Waals surface area (Å²) >= 11 is 0. The number of urea groups is 1. The maximum absolute atomic E-state index is 12.8. The number of nitrogens with one attached hydrogen (secondary N) is 1. The quantitative estimate of drug-likeness (QED) is 0.667. The van der Waals surface area contributed by atoms with Gasteiger partial charge in [0.25, 0.3) is 0 Å². The zero-order chi connectivity index (χ0) is 19.2. The lowest BCUT2D eigenvalue weighted by atomic mass is 10.2. The predicted molar refractivity (Wildman–Crippen MR) is 103 cm³/mol. The Hall–Kier alpha value is -3.13. The molecule has 0 atom stereocenters. The molecular weight excluding hydrogens is 346 g/mol. The average Bonchev–Trinajstić information content (AvgIpc) is 3.04. The standard InChI is InChI=1S/C19H23N5O3/c1-3-27-17-10-5-4-7-14(17)13-24(11-12-25)19(26)20-15-8-6-9-16-18(15)22-23(2)21-16/h4-10,25H,3,11-13H2,1-2H3,(H,20,26). The van der Waals surface area contributed by atoms with Gasteiger partial charge in [0.2, 0.25) is 0 Å². The number of aliphatic hydroxyl groups excluding tert-OH is 1. The van der Waals surface area contributed by atoms with E-state index in [0.29, 0.717) is 29.9 Å². The smallest absolute Gasteiger partial charge is 0.322 e. The van der Waals surface area contributed by atoms with Gasteiger partial charge in [0.1, 0.15) is 16.8 Å². The Morgan fingerprint density at radius 3 is 2.81 bits per heavy atom. The van der Waals surface area contributed by atoms with Crippen LogP contribution in [0.4, 0.5) is 10.5 Å². The molecule has 0 bridgehead atoms. The third kappa shape index (κ3) is 4.35. The van der Waals surface area contributed by atoms with Gasteiger partial charge in [0, 0.05) is 19.2 Å². The Balaban J connectivity index is 1.81. The second kappa shape index (κ2) is 8.50. The molecule has 2 amide bonds. The number of aliphatic hydroxyl groups is 1. The molecule has 8 heteroatoms. The molecule has 0 unspecified atom stereocenters. The number of hydrogen-bond acceptors (Lipinski definition) is 5. The molecule has 27 heavy (non-hydrogen) atoms. The highest BCUT2D eigenvalue weighted by Crippen LogP contribution is 2.22. The lowest BCUT2D eigenvalue weighted by Crippen LogP contribution is -2.36. The minimum absolute atomic E-state index is 0.139. The summed E-state index contributed by atoms with van der Waals surface area (Å²) in [4.78, 5) is 15.8. The van der Waals surface area contributed by atoms with E-state index in [9.17, 15) is 9.90 Å². The van der Waals surface area contributed by atoms with Gasteiger partial charge in [-0.3, -0.25) is 0 Å². The van der Waals surface area contributed by atoms with Crippen LogP contribution in [-0.2, 0) is 13.6 Å². The Morgan fingerprint density at radius 2 is 2.04 bits per heavy atom. The molecular formula is C19H23N5O3. The van der Waals surface area contributed by atoms with Crippen molar-refractivity contribution in [2.75, 3.05) is 25.1 Å². The molecule has 0 saturated carbocycles. The van der Waals surface area contributed by atoms with Crippen molar-refractivity contribution in [1.29, 1.82) is 0 Å². The molecule has 0 spiro atoms. The number of fused-ring (bicyclic) bond motifs is 1. The van der Waals surface area contributed by atoms with E-state index < -0.39 is 0 Å². The van der Waals surface area contributed by atoms with Crippen LogP contribution in [-0.4, -0.2) is 50.8 Å². The van der Waals surface area contributed by atoms with Crippen LogP contribution in [0.25, 0.3) is 11.0 Å². The maximum Gasteiger partial charge on any atom is 0.322 e. The molecule has 0 saturated heterocycles. The van der Waals surface area contributed by atoms with E-state index in [2.05, 4.69) is 15.5 Å². The normalized spacial score (nSPS) is 10.8. The van der Waals surface area contributed by atoms with Crippen LogP contribution in [0.15, 0.2) is 42.5 Å². The van der Waals surface area contributed by atoms with Crippen LogP contribution in [0.2, 0.25) is 0 Å². The van der Waals surface area contributed by atoms with Crippen molar-refractivity contribution in [3.63, 3.8) is 0 Å². The number of ether oxygens (including phenoxy) is 1. The highest BCUT2D eigenvalue weighted by Gasteiger charge is 2.17. The monoisotopic (exact) mass is 369 g/mol. The Kier molecular flexibility index (Phi) is 5.87. The van der Waals surface area contributed by atoms with E-state index >= 15 is 0 Å². The van der Waals surface area contributed by atoms with Crippen LogP contribution < -0.4 is 10.1 Å². The Morgan fingerprint density at radius 1 is 1.22 bits per heavy atom. The highest BCUT2D eigenvalue weighted by molar-refractivity contribution is 5.98. The van der Waals surface area contributed by atoms with E-state index in [1.165, 1.54) is 9.70 Å². The van der Waals surface area contributed by atoms with Gasteiger partial charge in [0.05, 0.1) is 25.4 Å². The largest absolute Gasteiger partial charge is 0.494 e. The second-order valence-corrected chi connectivity index (χ2v) is 5.98. The third-order valence-corrected chi connectivity index (χ3v) is 4.04. The van der Waals surface area contributed by atoms with Crippen molar-refractivity contribution in [1.82, 2.24) is 19.9 Å². The van der Waals surface area contributed by atoms with Gasteiger partial charge in [-0.1, -0.05) is 24.3 Å². The fourth-order valence-corrected chi connectivity index (χ4v) is 2.84. The summed E-state index contributed by atoms with van der Waals surface area (Å²) in [6.07, 6.45) is 0. The van der Waals surface area contributed by atoms with Crippen LogP contribution in [0.3, 0.4) is 0 Å². The number of benzene rings is 2. The molecule has 1 heterocycles. The lowest BCUT2D eigenvalue weighted by molar-refractivity contribution is 0.184. The third-order valence-electron chi connectivity index (χ3n) is 4.04. The van der Waals surface area contributed by atoms with Gasteiger partial charge >= 0.3 is 6.03 Å². The number of carbonyl (C=O) groups excluding carboxylic acids is 1. The van der Waals surface area contributed by atoms with Crippen molar-refractivity contribution < 1.29 is 14.6 Å². The molecule has 0 fully saturated rings. The Labute approximate surface area is 157 Å². The average molecular weight is 369 g/mol. The van der Waals surface area contributed by atoms with Gasteiger partial charge in [-0.15, -0.1) is 0 Å². The molecule has 0 aliphatic carbocycles. The maximum atomic E-state index is 12.8. The molecule has 0 aliphatic heterocycles. The van der Waals surface area contributed by atoms with Gasteiger partial charge in [0.15, 0.2) is 0 Å². The first-order chi connectivity index (χ1) is 13.1. The van der Waals surface area contributed by atoms with E-state index in [1.807, 2.05) is 43.3 Å². The van der Waals surface area contributed by atoms with Gasteiger partial charge < -0.3 is 20.1 Å². The van der Waals surface area contributed by atoms with Crippen molar-refractivity contribution in [2.24, 2.45) is 7.05 Å². The topological polar surface area (TPSA) is 92.5 Å². The van der Waals surface area contributed by atoms with Gasteiger partial charge in [-0.2, -0.15) is 15.0 Å². The van der Waals surface area contributed by atoms with E-state index in [-0.39, 0.29) is 19.2 Å². The predicted octanol–water partition coefficient (Wildman–Crippen LogP) is 2.39. The number of aryl methyl sites for hydroxylation is 1. The number of amides is 2. The minimum Gasteiger partial charge on any atom is -0.494 e. The van der Waals surface area contributed by atoms with Crippen LogP contribution in [0.5, 0.6) is 5.75 Å². The van der Waals surface area contributed by atoms with Crippen molar-refractivity contribution in [2.45, 2.75) is 13.5 Å². The number of anilines is 1. The summed E-state index contributed by atoms with van der Waals surface area (Å²) in [5, 5.41) is 20.8. The highest BCUT2D eigenvalue weighted by atomic mass is 16.5. The van der Waals surface area contributed by atoms with Crippen LogP contribution in [0, 0.1) is 0 Å². The fourth-order valence-electron chi connectivity index (χ4n) is 2.84. The zero-order valence-corrected chi connectivity index (χ0v) is 15.4. The first-order valence-corrected chi connectivity index (χ1v) is 8.80. The number of hydrogen-bond donors (Lipinski definition) is 2. The zero-order valence-electron chi connectivity index (χ0n) is 15.4. The van der Waals surface area contributed by atoms with Gasteiger partial charge in [-0.25, -0.2) is 4.79 Å². The SMILES string of the molecule is CCOc1ccccc1CN(CCO)C(=O)Nc1cccc2nn(C)nc12. The molecule has 142 valence electrons. The molecule has 1 aromatic heterocycles. The summed E-state index contributed by atoms with van der Waals surface area (Å²) < 4.78 is 5.63. The van der Waals surface area contributed by atoms with Crippen molar-refractivity contribution in [3.05, 3.63) is 48.0 Å². The van der Waals surface area contributed by atoms with Gasteiger partial charge in [-0.05, 0) is 25.1 Å². The van der Waals surface area contributed by atoms with Crippen molar-refractivity contribution in [3.8, 4) is 5.75 Å². The molecule has 0 radical (unpaired) electrons. The number of para-hydroxylation sites is 1. The molecule has 2 N–H and O–H groups in total. The minimum atomic E-state index is -0.325. The first-order valence-electron chi connectivity index (χ1n) is 8.80. The number of carbonyl (C=O) groups is 1. The number of aromatic nitrogens is 3. The molecule has 8 nitrogen and oxygen atoms in total. The Bertz CT molecular complexity index is 925. The van der Waals surface area contributed by atoms with Crippen molar-refractivity contribution >= 4 is 22.8 Å². The summed E-state index contributed by atoms with van der Waals surface area (Å²) in [6, 6.07) is 12.7.